The highest BCUT2D eigenvalue weighted by molar-refractivity contribution is 7.99. The molecular formula is C20H16ClFN4O3S2. The molecule has 31 heavy (non-hydrogen) atoms. The van der Waals surface area contributed by atoms with Gasteiger partial charge in [-0.05, 0) is 36.4 Å². The first-order chi connectivity index (χ1) is 14.9. The van der Waals surface area contributed by atoms with Crippen molar-refractivity contribution in [1.29, 1.82) is 0 Å². The molecule has 0 fully saturated rings. The number of methoxy groups -OCH3 is 1. The number of aromatic nitrogens is 3. The van der Waals surface area contributed by atoms with Gasteiger partial charge in [0.2, 0.25) is 5.91 Å². The molecule has 0 aliphatic carbocycles. The van der Waals surface area contributed by atoms with Gasteiger partial charge in [-0.15, -0.1) is 0 Å². The Bertz CT molecular complexity index is 1340. The summed E-state index contributed by atoms with van der Waals surface area (Å²) in [4.78, 5) is 34.2. The molecule has 2 heterocycles. The molecule has 0 aliphatic heterocycles. The number of carbonyl (C=O) groups excluding carboxylic acids is 1. The average molecular weight is 479 g/mol. The zero-order valence-electron chi connectivity index (χ0n) is 16.2. The number of fused-ring (bicyclic) bond motifs is 2. The van der Waals surface area contributed by atoms with Crippen LogP contribution in [0.5, 0.6) is 0 Å². The SMILES string of the molecule is COCCn1c(SCC(=O)Nc2nc3ccc(F)cc3s2)nc2cc(Cl)ccc2c1=O. The number of thioether (sulfide) groups is 1. The second-order valence-electron chi connectivity index (χ2n) is 6.47. The number of carbonyl (C=O) groups is 1. The third kappa shape index (κ3) is 4.87. The number of nitrogens with zero attached hydrogens (tertiary/aromatic N) is 3. The van der Waals surface area contributed by atoms with Gasteiger partial charge in [-0.3, -0.25) is 14.2 Å². The van der Waals surface area contributed by atoms with E-state index in [1.54, 1.807) is 31.4 Å². The van der Waals surface area contributed by atoms with Crippen molar-refractivity contribution in [1.82, 2.24) is 14.5 Å². The summed E-state index contributed by atoms with van der Waals surface area (Å²) in [6.07, 6.45) is 0. The second kappa shape index (κ2) is 9.31. The van der Waals surface area contributed by atoms with Crippen LogP contribution in [0.4, 0.5) is 9.52 Å². The third-order valence-corrected chi connectivity index (χ3v) is 6.48. The van der Waals surface area contributed by atoms with Gasteiger partial charge in [0, 0.05) is 12.1 Å². The Hall–Kier alpha value is -2.53. The first-order valence-electron chi connectivity index (χ1n) is 9.12. The molecule has 4 aromatic rings. The fourth-order valence-corrected chi connectivity index (χ4v) is 4.80. The third-order valence-electron chi connectivity index (χ3n) is 4.33. The molecule has 1 amide bonds. The van der Waals surface area contributed by atoms with E-state index in [-0.39, 0.29) is 23.0 Å². The van der Waals surface area contributed by atoms with Crippen LogP contribution in [0.2, 0.25) is 5.02 Å². The number of halogens is 2. The van der Waals surface area contributed by atoms with Gasteiger partial charge < -0.3 is 10.1 Å². The van der Waals surface area contributed by atoms with Crippen molar-refractivity contribution in [3.8, 4) is 0 Å². The van der Waals surface area contributed by atoms with Crippen LogP contribution >= 0.6 is 34.7 Å². The lowest BCUT2D eigenvalue weighted by molar-refractivity contribution is -0.113. The van der Waals surface area contributed by atoms with Crippen LogP contribution in [0.1, 0.15) is 0 Å². The molecule has 7 nitrogen and oxygen atoms in total. The van der Waals surface area contributed by atoms with Crippen LogP contribution < -0.4 is 10.9 Å². The lowest BCUT2D eigenvalue weighted by Gasteiger charge is -2.12. The van der Waals surface area contributed by atoms with Crippen molar-refractivity contribution in [3.05, 3.63) is 57.6 Å². The summed E-state index contributed by atoms with van der Waals surface area (Å²) in [7, 11) is 1.55. The van der Waals surface area contributed by atoms with Gasteiger partial charge in [0.1, 0.15) is 5.82 Å². The molecule has 160 valence electrons. The largest absolute Gasteiger partial charge is 0.383 e. The minimum atomic E-state index is -0.360. The molecule has 2 aromatic carbocycles. The Morgan fingerprint density at radius 2 is 2.10 bits per heavy atom. The molecule has 1 N–H and O–H groups in total. The van der Waals surface area contributed by atoms with Crippen LogP contribution in [-0.4, -0.2) is 39.9 Å². The van der Waals surface area contributed by atoms with Crippen molar-refractivity contribution in [2.75, 3.05) is 24.8 Å². The van der Waals surface area contributed by atoms with Crippen molar-refractivity contribution in [2.24, 2.45) is 0 Å². The fourth-order valence-electron chi connectivity index (χ4n) is 2.90. The lowest BCUT2D eigenvalue weighted by atomic mass is 10.2. The van der Waals surface area contributed by atoms with Gasteiger partial charge in [0.05, 0.1) is 40.0 Å². The summed E-state index contributed by atoms with van der Waals surface area (Å²) >= 11 is 8.35. The van der Waals surface area contributed by atoms with Crippen molar-refractivity contribution >= 4 is 66.9 Å². The van der Waals surface area contributed by atoms with E-state index in [1.165, 1.54) is 28.0 Å². The van der Waals surface area contributed by atoms with E-state index in [0.717, 1.165) is 11.8 Å². The van der Waals surface area contributed by atoms with E-state index in [0.29, 0.717) is 49.6 Å². The quantitative estimate of drug-likeness (QED) is 0.317. The van der Waals surface area contributed by atoms with E-state index in [1.807, 2.05) is 0 Å². The zero-order chi connectivity index (χ0) is 22.0. The molecule has 0 spiro atoms. The summed E-state index contributed by atoms with van der Waals surface area (Å²) in [5, 5.41) is 4.38. The fraction of sp³-hybridized carbons (Fsp3) is 0.200. The average Bonchev–Trinajstić information content (AvgIpc) is 3.12. The summed E-state index contributed by atoms with van der Waals surface area (Å²) in [5.41, 5.74) is 0.841. The standard InChI is InChI=1S/C20H16ClFN4O3S2/c1-29-7-6-26-18(28)13-4-2-11(21)8-15(13)24-20(26)30-10-17(27)25-19-23-14-5-3-12(22)9-16(14)31-19/h2-5,8-9H,6-7,10H2,1H3,(H,23,25,27). The Labute approximate surface area is 189 Å². The van der Waals surface area contributed by atoms with Crippen molar-refractivity contribution in [2.45, 2.75) is 11.7 Å². The number of hydrogen-bond donors (Lipinski definition) is 1. The number of thiazole rings is 1. The summed E-state index contributed by atoms with van der Waals surface area (Å²) in [6, 6.07) is 9.13. The maximum absolute atomic E-state index is 13.3. The number of nitrogens with one attached hydrogen (secondary N) is 1. The maximum Gasteiger partial charge on any atom is 0.262 e. The molecule has 0 radical (unpaired) electrons. The smallest absolute Gasteiger partial charge is 0.262 e. The van der Waals surface area contributed by atoms with Gasteiger partial charge >= 0.3 is 0 Å². The van der Waals surface area contributed by atoms with Gasteiger partial charge in [0.15, 0.2) is 10.3 Å². The van der Waals surface area contributed by atoms with Crippen LogP contribution in [0.15, 0.2) is 46.3 Å². The monoisotopic (exact) mass is 478 g/mol. The molecule has 4 rings (SSSR count). The molecule has 0 atom stereocenters. The zero-order valence-corrected chi connectivity index (χ0v) is 18.6. The summed E-state index contributed by atoms with van der Waals surface area (Å²) in [6.45, 7) is 0.622. The summed E-state index contributed by atoms with van der Waals surface area (Å²) in [5.74, 6) is -0.667. The Morgan fingerprint density at radius 3 is 2.90 bits per heavy atom. The maximum atomic E-state index is 13.3. The molecule has 0 aliphatic rings. The van der Waals surface area contributed by atoms with Crippen LogP contribution in [0, 0.1) is 5.82 Å². The molecular weight excluding hydrogens is 463 g/mol. The first kappa shape index (κ1) is 21.7. The van der Waals surface area contributed by atoms with Crippen LogP contribution in [0.3, 0.4) is 0 Å². The highest BCUT2D eigenvalue weighted by Crippen LogP contribution is 2.27. The minimum absolute atomic E-state index is 0.00970. The van der Waals surface area contributed by atoms with E-state index in [2.05, 4.69) is 15.3 Å². The van der Waals surface area contributed by atoms with Crippen molar-refractivity contribution in [3.63, 3.8) is 0 Å². The molecule has 0 saturated heterocycles. The topological polar surface area (TPSA) is 86.1 Å². The molecule has 0 saturated carbocycles. The predicted molar refractivity (Wildman–Crippen MR) is 122 cm³/mol. The number of ether oxygens (including phenoxy) is 1. The highest BCUT2D eigenvalue weighted by Gasteiger charge is 2.15. The number of amides is 1. The highest BCUT2D eigenvalue weighted by atomic mass is 35.5. The van der Waals surface area contributed by atoms with Crippen LogP contribution in [-0.2, 0) is 16.1 Å². The van der Waals surface area contributed by atoms with Gasteiger partial charge in [-0.1, -0.05) is 34.7 Å². The Morgan fingerprint density at radius 1 is 1.26 bits per heavy atom. The molecule has 0 bridgehead atoms. The summed E-state index contributed by atoms with van der Waals surface area (Å²) < 4.78 is 20.6. The number of rotatable bonds is 7. The number of benzene rings is 2. The van der Waals surface area contributed by atoms with E-state index < -0.39 is 0 Å². The Kier molecular flexibility index (Phi) is 6.51. The molecule has 0 unspecified atom stereocenters. The van der Waals surface area contributed by atoms with Crippen LogP contribution in [0.25, 0.3) is 21.1 Å². The van der Waals surface area contributed by atoms with Gasteiger partial charge in [-0.25, -0.2) is 14.4 Å². The Balaban J connectivity index is 1.55. The second-order valence-corrected chi connectivity index (χ2v) is 8.88. The first-order valence-corrected chi connectivity index (χ1v) is 11.3. The van der Waals surface area contributed by atoms with Gasteiger partial charge in [-0.2, -0.15) is 0 Å². The molecule has 11 heteroatoms. The van der Waals surface area contributed by atoms with Gasteiger partial charge in [0.25, 0.3) is 5.56 Å². The minimum Gasteiger partial charge on any atom is -0.383 e. The predicted octanol–water partition coefficient (Wildman–Crippen LogP) is 4.18. The van der Waals surface area contributed by atoms with Crippen molar-refractivity contribution < 1.29 is 13.9 Å². The molecule has 2 aromatic heterocycles. The van der Waals surface area contributed by atoms with E-state index in [4.69, 9.17) is 16.3 Å². The number of hydrogen-bond acceptors (Lipinski definition) is 7. The normalized spacial score (nSPS) is 11.3. The van der Waals surface area contributed by atoms with E-state index in [9.17, 15) is 14.0 Å². The lowest BCUT2D eigenvalue weighted by Crippen LogP contribution is -2.26. The van der Waals surface area contributed by atoms with E-state index >= 15 is 0 Å². The number of anilines is 1.